The monoisotopic (exact) mass is 722 g/mol. The molecule has 4 aliphatic carbocycles. The molecule has 10 atom stereocenters. The zero-order chi connectivity index (χ0) is 36.8. The van der Waals surface area contributed by atoms with Gasteiger partial charge in [-0.1, -0.05) is 39.8 Å². The van der Waals surface area contributed by atoms with E-state index in [2.05, 4.69) is 18.6 Å². The van der Waals surface area contributed by atoms with Gasteiger partial charge < -0.3 is 33.2 Å². The van der Waals surface area contributed by atoms with Crippen LogP contribution in [0.15, 0.2) is 35.9 Å². The molecule has 0 N–H and O–H groups in total. The molecule has 0 aromatic heterocycles. The molecule has 6 aliphatic rings. The van der Waals surface area contributed by atoms with Crippen molar-refractivity contribution in [2.75, 3.05) is 20.3 Å². The number of cyclic esters (lactones) is 1. The Hall–Kier alpha value is -3.44. The molecule has 1 aromatic carbocycles. The number of rotatable bonds is 10. The summed E-state index contributed by atoms with van der Waals surface area (Å²) in [6.07, 6.45) is 7.67. The number of methoxy groups -OCH3 is 1. The zero-order valence-corrected chi connectivity index (χ0v) is 31.2. The van der Waals surface area contributed by atoms with E-state index < -0.39 is 24.0 Å². The molecule has 4 saturated carbocycles. The quantitative estimate of drug-likeness (QED) is 0.136. The van der Waals surface area contributed by atoms with Crippen LogP contribution in [0.5, 0.6) is 5.75 Å². The first-order valence-corrected chi connectivity index (χ1v) is 19.3. The Balaban J connectivity index is 1.02. The van der Waals surface area contributed by atoms with Gasteiger partial charge in [-0.25, -0.2) is 9.59 Å². The molecule has 11 nitrogen and oxygen atoms in total. The summed E-state index contributed by atoms with van der Waals surface area (Å²) in [7, 11) is 1.66. The molecule has 7 rings (SSSR count). The highest BCUT2D eigenvalue weighted by Gasteiger charge is 2.74. The summed E-state index contributed by atoms with van der Waals surface area (Å²) in [5.41, 5.74) is 1.42. The van der Waals surface area contributed by atoms with Crippen LogP contribution in [0.2, 0.25) is 0 Å². The second-order valence-electron chi connectivity index (χ2n) is 16.9. The van der Waals surface area contributed by atoms with Gasteiger partial charge in [0.25, 0.3) is 0 Å². The number of fused-ring (bicyclic) bond motifs is 4. The van der Waals surface area contributed by atoms with Crippen molar-refractivity contribution in [2.24, 2.45) is 40.4 Å². The number of benzene rings is 1. The molecule has 284 valence electrons. The van der Waals surface area contributed by atoms with Gasteiger partial charge in [0.15, 0.2) is 6.29 Å². The highest BCUT2D eigenvalue weighted by molar-refractivity contribution is 5.85. The van der Waals surface area contributed by atoms with E-state index in [9.17, 15) is 19.2 Å². The molecule has 2 bridgehead atoms. The van der Waals surface area contributed by atoms with E-state index in [1.54, 1.807) is 13.2 Å². The Morgan fingerprint density at radius 2 is 1.73 bits per heavy atom. The number of ether oxygens (including phenoxy) is 7. The summed E-state index contributed by atoms with van der Waals surface area (Å²) in [5.74, 6) is 0.824. The van der Waals surface area contributed by atoms with Gasteiger partial charge in [-0.2, -0.15) is 0 Å². The Kier molecular flexibility index (Phi) is 10.2. The SMILES string of the molecule is COc1ccc(C2O[C@H]3C[C@]4(O2)[C@@H]2CC[C@@H]5C[C@@H](OC(=O)CCCC(=O)OC(=O)OCC(C)C)CC[C@]5(C)[C@H]2CC[C@]4(C)[C@H]3C2=CC(=O)OC2)cc1. The first-order chi connectivity index (χ1) is 24.8. The van der Waals surface area contributed by atoms with Crippen LogP contribution in [-0.2, 0) is 42.8 Å². The summed E-state index contributed by atoms with van der Waals surface area (Å²) in [6, 6.07) is 7.94. The lowest BCUT2D eigenvalue weighted by Gasteiger charge is -2.65. The number of carbonyl (C=O) groups excluding carboxylic acids is 4. The molecule has 11 heteroatoms. The summed E-state index contributed by atoms with van der Waals surface area (Å²) in [4.78, 5) is 48.9. The molecule has 2 aliphatic heterocycles. The number of esters is 3. The average Bonchev–Trinajstić information content (AvgIpc) is 3.61. The highest BCUT2D eigenvalue weighted by Crippen LogP contribution is 2.73. The molecule has 52 heavy (non-hydrogen) atoms. The third-order valence-electron chi connectivity index (χ3n) is 13.6. The lowest BCUT2D eigenvalue weighted by Crippen LogP contribution is -2.63. The Labute approximate surface area is 306 Å². The standard InChI is InChI=1S/C41H54O11/c1-24(2)22-48-38(45)51-34(43)8-6-7-33(42)49-29-15-17-39(3)27(20-29)11-14-31-30(39)16-18-40(4)36(26-19-35(44)47-23-26)32-21-41(31,40)52-37(50-32)25-9-12-28(46-5)13-10-25/h9-10,12-13,19,24,27,29-32,36-37H,6-8,11,14-18,20-23H2,1-5H3/t27-,29+,30+,31-,32+,36+,37?,39+,40-,41+/m1/s1. The summed E-state index contributed by atoms with van der Waals surface area (Å²) in [6.45, 7) is 9.10. The van der Waals surface area contributed by atoms with Crippen molar-refractivity contribution in [3.05, 3.63) is 41.5 Å². The van der Waals surface area contributed by atoms with Gasteiger partial charge in [-0.3, -0.25) is 9.59 Å². The summed E-state index contributed by atoms with van der Waals surface area (Å²) < 4.78 is 40.6. The molecular weight excluding hydrogens is 668 g/mol. The number of hydrogen-bond donors (Lipinski definition) is 0. The lowest BCUT2D eigenvalue weighted by atomic mass is 9.43. The van der Waals surface area contributed by atoms with Crippen LogP contribution < -0.4 is 4.74 Å². The maximum absolute atomic E-state index is 12.8. The first kappa shape index (κ1) is 36.9. The van der Waals surface area contributed by atoms with Crippen LogP contribution in [0.3, 0.4) is 0 Å². The van der Waals surface area contributed by atoms with E-state index in [1.807, 2.05) is 38.1 Å². The van der Waals surface area contributed by atoms with E-state index in [0.717, 1.165) is 68.3 Å². The lowest BCUT2D eigenvalue weighted by molar-refractivity contribution is -0.319. The zero-order valence-electron chi connectivity index (χ0n) is 31.2. The van der Waals surface area contributed by atoms with Crippen LogP contribution in [0.4, 0.5) is 4.79 Å². The van der Waals surface area contributed by atoms with Gasteiger partial charge in [0.1, 0.15) is 18.5 Å². The predicted molar refractivity (Wildman–Crippen MR) is 187 cm³/mol. The summed E-state index contributed by atoms with van der Waals surface area (Å²) >= 11 is 0. The Morgan fingerprint density at radius 3 is 2.44 bits per heavy atom. The minimum Gasteiger partial charge on any atom is -0.497 e. The fraction of sp³-hybridized carbons (Fsp3) is 0.707. The van der Waals surface area contributed by atoms with Crippen LogP contribution in [0.1, 0.15) is 110 Å². The normalized spacial score (nSPS) is 37.5. The third-order valence-corrected chi connectivity index (χ3v) is 13.6. The molecule has 1 aromatic rings. The average molecular weight is 723 g/mol. The van der Waals surface area contributed by atoms with Crippen molar-refractivity contribution in [3.63, 3.8) is 0 Å². The van der Waals surface area contributed by atoms with Crippen molar-refractivity contribution < 1.29 is 52.3 Å². The molecule has 0 amide bonds. The van der Waals surface area contributed by atoms with E-state index in [1.165, 1.54) is 0 Å². The predicted octanol–water partition coefficient (Wildman–Crippen LogP) is 7.40. The van der Waals surface area contributed by atoms with Crippen molar-refractivity contribution in [3.8, 4) is 5.75 Å². The Bertz CT molecular complexity index is 1570. The van der Waals surface area contributed by atoms with Gasteiger partial charge in [-0.05, 0) is 98.2 Å². The van der Waals surface area contributed by atoms with Gasteiger partial charge in [-0.15, -0.1) is 0 Å². The highest BCUT2D eigenvalue weighted by atomic mass is 16.7. The number of hydrogen-bond acceptors (Lipinski definition) is 11. The molecule has 1 unspecified atom stereocenters. The molecule has 0 radical (unpaired) electrons. The number of carbonyl (C=O) groups is 4. The first-order valence-electron chi connectivity index (χ1n) is 19.3. The van der Waals surface area contributed by atoms with Gasteiger partial charge in [0.05, 0.1) is 25.4 Å². The summed E-state index contributed by atoms with van der Waals surface area (Å²) in [5, 5.41) is 0. The smallest absolute Gasteiger partial charge is 0.497 e. The van der Waals surface area contributed by atoms with Gasteiger partial charge in [0, 0.05) is 42.2 Å². The fourth-order valence-corrected chi connectivity index (χ4v) is 11.2. The van der Waals surface area contributed by atoms with Crippen LogP contribution in [0.25, 0.3) is 0 Å². The molecular formula is C41H54O11. The molecule has 5 fully saturated rings. The molecule has 1 saturated heterocycles. The van der Waals surface area contributed by atoms with Crippen LogP contribution >= 0.6 is 0 Å². The van der Waals surface area contributed by atoms with Gasteiger partial charge >= 0.3 is 24.1 Å². The van der Waals surface area contributed by atoms with Crippen molar-refractivity contribution >= 4 is 24.1 Å². The van der Waals surface area contributed by atoms with Crippen molar-refractivity contribution in [1.29, 1.82) is 0 Å². The molecule has 1 spiro atoms. The minimum atomic E-state index is -1.01. The second-order valence-corrected chi connectivity index (χ2v) is 16.9. The maximum Gasteiger partial charge on any atom is 0.516 e. The topological polar surface area (TPSA) is 133 Å². The van der Waals surface area contributed by atoms with E-state index in [0.29, 0.717) is 24.4 Å². The third kappa shape index (κ3) is 6.65. The van der Waals surface area contributed by atoms with Crippen molar-refractivity contribution in [2.45, 2.75) is 122 Å². The van der Waals surface area contributed by atoms with E-state index in [-0.39, 0.29) is 72.7 Å². The van der Waals surface area contributed by atoms with Crippen molar-refractivity contribution in [1.82, 2.24) is 0 Å². The van der Waals surface area contributed by atoms with Gasteiger partial charge in [0.2, 0.25) is 0 Å². The van der Waals surface area contributed by atoms with E-state index in [4.69, 9.17) is 28.4 Å². The minimum absolute atomic E-state index is 0.0318. The second kappa shape index (κ2) is 14.4. The fourth-order valence-electron chi connectivity index (χ4n) is 11.2. The van der Waals surface area contributed by atoms with Crippen LogP contribution in [-0.4, -0.2) is 62.2 Å². The maximum atomic E-state index is 12.8. The largest absolute Gasteiger partial charge is 0.516 e. The van der Waals surface area contributed by atoms with E-state index >= 15 is 0 Å². The van der Waals surface area contributed by atoms with Crippen LogP contribution in [0, 0.1) is 40.4 Å². The Morgan fingerprint density at radius 1 is 0.962 bits per heavy atom. The molecule has 2 heterocycles.